The first-order valence-electron chi connectivity index (χ1n) is 43.2. The first-order valence-corrected chi connectivity index (χ1v) is 43.2. The normalized spacial score (nSPS) is 39.6. The van der Waals surface area contributed by atoms with E-state index >= 15 is 0 Å². The van der Waals surface area contributed by atoms with Crippen molar-refractivity contribution in [3.63, 3.8) is 0 Å². The lowest BCUT2D eigenvalue weighted by molar-refractivity contribution is -0.408. The summed E-state index contributed by atoms with van der Waals surface area (Å²) in [5.41, 5.74) is 0. The molecule has 0 aromatic heterocycles. The fourth-order valence-corrected chi connectivity index (χ4v) is 16.1. The molecule has 0 aromatic rings. The van der Waals surface area contributed by atoms with Crippen LogP contribution in [0.3, 0.4) is 0 Å². The number of aliphatic hydroxyl groups is 19. The fourth-order valence-electron chi connectivity index (χ4n) is 16.1. The van der Waals surface area contributed by atoms with E-state index in [4.69, 9.17) is 66.3 Å². The van der Waals surface area contributed by atoms with Crippen molar-refractivity contribution in [3.05, 3.63) is 12.2 Å². The summed E-state index contributed by atoms with van der Waals surface area (Å²) in [6.45, 7) is 3.05. The Morgan fingerprint density at radius 2 is 0.714 bits per heavy atom. The van der Waals surface area contributed by atoms with E-state index in [1.54, 1.807) is 6.08 Å². The van der Waals surface area contributed by atoms with Crippen molar-refractivity contribution in [1.29, 1.82) is 0 Å². The van der Waals surface area contributed by atoms with Crippen LogP contribution < -0.4 is 16.0 Å². The minimum Gasteiger partial charge on any atom is -0.394 e. The highest BCUT2D eigenvalue weighted by Crippen LogP contribution is 2.41. The van der Waals surface area contributed by atoms with Crippen molar-refractivity contribution in [1.82, 2.24) is 16.0 Å². The quantitative estimate of drug-likeness (QED) is 0.0209. The van der Waals surface area contributed by atoms with E-state index in [0.29, 0.717) is 12.8 Å². The number of allylic oxidation sites excluding steroid dienone is 1. The topological polar surface area (TPSA) is 601 Å². The number of nitrogens with one attached hydrogen (secondary N) is 3. The average Bonchev–Trinajstić information content (AvgIpc) is 0.754. The molecule has 3 amide bonds. The summed E-state index contributed by atoms with van der Waals surface area (Å²) in [5, 5.41) is 223. The molecular formula is C80H143N3O36. The molecule has 0 aromatic carbocycles. The van der Waals surface area contributed by atoms with Crippen molar-refractivity contribution in [3.8, 4) is 0 Å². The molecule has 39 nitrogen and oxygen atoms in total. The van der Waals surface area contributed by atoms with E-state index in [-0.39, 0.29) is 12.3 Å². The second kappa shape index (κ2) is 52.8. The number of amides is 3. The zero-order valence-electron chi connectivity index (χ0n) is 69.6. The minimum absolute atomic E-state index is 0.148. The summed E-state index contributed by atoms with van der Waals surface area (Å²) in [4.78, 5) is 40.1. The Morgan fingerprint density at radius 1 is 0.345 bits per heavy atom. The van der Waals surface area contributed by atoms with Crippen LogP contribution in [-0.2, 0) is 80.7 Å². The van der Waals surface area contributed by atoms with Crippen molar-refractivity contribution in [2.45, 2.75) is 435 Å². The second-order valence-corrected chi connectivity index (χ2v) is 32.7. The number of unbranched alkanes of at least 4 members (excludes halogenated alkanes) is 23. The molecule has 7 fully saturated rings. The predicted molar refractivity (Wildman–Crippen MR) is 414 cm³/mol. The summed E-state index contributed by atoms with van der Waals surface area (Å²) in [7, 11) is 0. The standard InChI is InChI=1S/C80H143N3O36/c1-7-9-11-13-15-17-19-21-23-25-27-29-31-33-46(91)45(83-52(92)34-32-30-28-26-24-22-20-18-16-14-12-10-8-2)40-106-76-66(104)63(101)68(50(38-87)113-76)114-79-67(105)71(58(96)48(36-85)110-79)117-75-54(82-44(6)90)70(69(51(39-88)112-75)115-77-64(102)61(99)55(93)41(3)107-77)116-80-73(119-78-65(103)62(100)56(94)42(4)108-78)72(59(97)49(37-86)111-80)118-74-53(81-43(5)89)60(98)57(95)47(35-84)109-74/h31,33,41-42,45-51,53-80,84-88,91,93-105H,7-30,32,34-40H2,1-6H3,(H,81,89)(H,82,90)(H,83,92)/b33-31+/t41?,42?,45-,46+,47?,48?,49?,50?,51?,53?,54?,55+,56+,57-,58-,59-,60+,61?,62?,63+,64-,65-,66?,67?,68+,69+,70+,71-,72-,73?,74+,75-,76+,77+,78+,79-,80-/m0/s1. The van der Waals surface area contributed by atoms with Gasteiger partial charge in [-0.3, -0.25) is 14.4 Å². The van der Waals surface area contributed by atoms with Gasteiger partial charge in [0.1, 0.15) is 159 Å². The predicted octanol–water partition coefficient (Wildman–Crippen LogP) is -3.32. The third kappa shape index (κ3) is 29.7. The smallest absolute Gasteiger partial charge is 0.220 e. The highest BCUT2D eigenvalue weighted by molar-refractivity contribution is 5.76. The molecule has 7 heterocycles. The number of ether oxygens (including phenoxy) is 14. The Bertz CT molecular complexity index is 2860. The molecule has 0 radical (unpaired) electrons. The lowest BCUT2D eigenvalue weighted by atomic mass is 9.93. The van der Waals surface area contributed by atoms with Gasteiger partial charge in [0.05, 0.1) is 64.0 Å². The molecule has 0 bridgehead atoms. The molecule has 119 heavy (non-hydrogen) atoms. The highest BCUT2D eigenvalue weighted by atomic mass is 16.8. The summed E-state index contributed by atoms with van der Waals surface area (Å²) in [5.74, 6) is -2.19. The van der Waals surface area contributed by atoms with Crippen LogP contribution in [0.1, 0.15) is 208 Å². The number of carbonyl (C=O) groups is 3. The van der Waals surface area contributed by atoms with Gasteiger partial charge in [-0.1, -0.05) is 167 Å². The van der Waals surface area contributed by atoms with E-state index in [0.717, 1.165) is 71.6 Å². The third-order valence-electron chi connectivity index (χ3n) is 23.3. The van der Waals surface area contributed by atoms with Crippen molar-refractivity contribution in [2.75, 3.05) is 39.6 Å². The van der Waals surface area contributed by atoms with Crippen LogP contribution in [0.2, 0.25) is 0 Å². The van der Waals surface area contributed by atoms with Gasteiger partial charge in [-0.15, -0.1) is 0 Å². The minimum atomic E-state index is -2.34. The van der Waals surface area contributed by atoms with Crippen LogP contribution in [0.5, 0.6) is 0 Å². The Labute approximate surface area is 696 Å². The first kappa shape index (κ1) is 103. The van der Waals surface area contributed by atoms with Crippen LogP contribution in [0.15, 0.2) is 12.2 Å². The number of hydrogen-bond donors (Lipinski definition) is 22. The number of carbonyl (C=O) groups excluding carboxylic acids is 3. The van der Waals surface area contributed by atoms with E-state index in [2.05, 4.69) is 29.8 Å². The van der Waals surface area contributed by atoms with Gasteiger partial charge in [-0.25, -0.2) is 0 Å². The molecule has 7 aliphatic rings. The molecule has 694 valence electrons. The van der Waals surface area contributed by atoms with Crippen LogP contribution in [-0.4, -0.2) is 381 Å². The Balaban J connectivity index is 1.14. The van der Waals surface area contributed by atoms with Gasteiger partial charge < -0.3 is 179 Å². The lowest BCUT2D eigenvalue weighted by Crippen LogP contribution is -2.72. The van der Waals surface area contributed by atoms with E-state index in [1.807, 2.05) is 6.08 Å². The number of aliphatic hydroxyl groups excluding tert-OH is 19. The molecular weight excluding hydrogens is 1580 g/mol. The van der Waals surface area contributed by atoms with Gasteiger partial charge in [-0.2, -0.15) is 0 Å². The first-order chi connectivity index (χ1) is 57.0. The van der Waals surface area contributed by atoms with Gasteiger partial charge in [0.2, 0.25) is 17.7 Å². The van der Waals surface area contributed by atoms with Gasteiger partial charge >= 0.3 is 0 Å². The summed E-state index contributed by atoms with van der Waals surface area (Å²) < 4.78 is 86.2. The lowest BCUT2D eigenvalue weighted by Gasteiger charge is -2.53. The Hall–Kier alpha value is -3.17. The molecule has 22 N–H and O–H groups in total. The van der Waals surface area contributed by atoms with E-state index in [1.165, 1.54) is 104 Å². The molecule has 0 saturated carbocycles. The van der Waals surface area contributed by atoms with Gasteiger partial charge in [0.15, 0.2) is 44.0 Å². The second-order valence-electron chi connectivity index (χ2n) is 32.7. The van der Waals surface area contributed by atoms with Crippen LogP contribution in [0.25, 0.3) is 0 Å². The number of hydrogen-bond acceptors (Lipinski definition) is 36. The SMILES string of the molecule is CCCCCCCCCCCCC/C=C/[C@@H](O)[C@H](CO[C@@H]1OC(CO)[C@@H](O[C@@H]2OC(CO)[C@H](O)[C@H](O[C@@H]3OC(CO)[C@@H](O[C@H]4OC(C)[C@@H](O)C(O)[C@@H]4O)[C@H](O[C@@H]4OC(CO)[C@H](O)[C@H](O[C@H]5OC(CO)[C@H](O)[C@H](O)C5NC(C)=O)C4O[C@H]4OC(C)[C@@H](O)C(O)[C@@H]4O)C3NC(C)=O)C2O)[C@H](O)C1O)NC(=O)CCCCCCCCCCCCCCC. The van der Waals surface area contributed by atoms with Gasteiger partial charge in [-0.05, 0) is 33.1 Å². The largest absolute Gasteiger partial charge is 0.394 e. The van der Waals surface area contributed by atoms with Gasteiger partial charge in [0.25, 0.3) is 0 Å². The third-order valence-corrected chi connectivity index (χ3v) is 23.3. The summed E-state index contributed by atoms with van der Waals surface area (Å²) in [6, 6.07) is -4.92. The Kier molecular flexibility index (Phi) is 45.7. The fraction of sp³-hybridized carbons (Fsp3) is 0.938. The monoisotopic (exact) mass is 1720 g/mol. The Morgan fingerprint density at radius 3 is 1.22 bits per heavy atom. The maximum absolute atomic E-state index is 13.8. The molecule has 14 unspecified atom stereocenters. The van der Waals surface area contributed by atoms with Crippen LogP contribution >= 0.6 is 0 Å². The molecule has 0 spiro atoms. The van der Waals surface area contributed by atoms with E-state index < -0.39 is 278 Å². The zero-order chi connectivity index (χ0) is 87.2. The maximum Gasteiger partial charge on any atom is 0.220 e. The van der Waals surface area contributed by atoms with Crippen molar-refractivity contribution in [2.24, 2.45) is 0 Å². The van der Waals surface area contributed by atoms with Crippen LogP contribution in [0, 0.1) is 0 Å². The average molecular weight is 1720 g/mol. The molecule has 37 atom stereocenters. The summed E-state index contributed by atoms with van der Waals surface area (Å²) in [6.07, 6.45) is -35.6. The molecule has 7 rings (SSSR count). The molecule has 0 aliphatic carbocycles. The molecule has 39 heteroatoms. The van der Waals surface area contributed by atoms with E-state index in [9.17, 15) is 111 Å². The van der Waals surface area contributed by atoms with Crippen molar-refractivity contribution < 1.29 is 178 Å². The van der Waals surface area contributed by atoms with Crippen molar-refractivity contribution >= 4 is 17.7 Å². The molecule has 7 aliphatic heterocycles. The summed E-state index contributed by atoms with van der Waals surface area (Å²) >= 11 is 0. The zero-order valence-corrected chi connectivity index (χ0v) is 69.6. The highest BCUT2D eigenvalue weighted by Gasteiger charge is 2.61. The molecule has 7 saturated heterocycles. The maximum atomic E-state index is 13.8. The van der Waals surface area contributed by atoms with Crippen LogP contribution in [0.4, 0.5) is 0 Å². The number of rotatable bonds is 51. The van der Waals surface area contributed by atoms with Gasteiger partial charge in [0, 0.05) is 20.3 Å².